The van der Waals surface area contributed by atoms with Crippen molar-refractivity contribution in [1.82, 2.24) is 29.7 Å². The molecule has 1 aliphatic rings. The minimum atomic E-state index is -0.00794. The normalized spacial score (nSPS) is 17.2. The molecule has 1 N–H and O–H groups in total. The third-order valence-corrected chi connectivity index (χ3v) is 5.61. The van der Waals surface area contributed by atoms with Crippen molar-refractivity contribution in [2.24, 2.45) is 0 Å². The van der Waals surface area contributed by atoms with E-state index in [2.05, 4.69) is 46.3 Å². The Morgan fingerprint density at radius 1 is 1.21 bits per heavy atom. The van der Waals surface area contributed by atoms with Crippen LogP contribution < -0.4 is 5.32 Å². The third-order valence-electron chi connectivity index (χ3n) is 5.61. The first-order valence-electron chi connectivity index (χ1n) is 10.3. The summed E-state index contributed by atoms with van der Waals surface area (Å²) in [4.78, 5) is 22.0. The summed E-state index contributed by atoms with van der Waals surface area (Å²) in [6.45, 7) is 9.19. The molecular formula is C22H28N6O. The summed E-state index contributed by atoms with van der Waals surface area (Å²) in [5.74, 6) is -0.00794. The van der Waals surface area contributed by atoms with Gasteiger partial charge < -0.3 is 10.2 Å². The Morgan fingerprint density at radius 2 is 2.00 bits per heavy atom. The van der Waals surface area contributed by atoms with Gasteiger partial charge in [0.25, 0.3) is 5.91 Å². The summed E-state index contributed by atoms with van der Waals surface area (Å²) in [6, 6.07) is 10.4. The van der Waals surface area contributed by atoms with Gasteiger partial charge in [0.05, 0.1) is 6.20 Å². The molecule has 1 aliphatic heterocycles. The van der Waals surface area contributed by atoms with E-state index in [9.17, 15) is 4.79 Å². The Balaban J connectivity index is 1.52. The Hall–Kier alpha value is -2.77. The van der Waals surface area contributed by atoms with Crippen molar-refractivity contribution in [3.8, 4) is 0 Å². The Labute approximate surface area is 171 Å². The van der Waals surface area contributed by atoms with Gasteiger partial charge in [0.1, 0.15) is 5.56 Å². The lowest BCUT2D eigenvalue weighted by Crippen LogP contribution is -2.48. The highest BCUT2D eigenvalue weighted by Crippen LogP contribution is 2.20. The maximum atomic E-state index is 13.2. The summed E-state index contributed by atoms with van der Waals surface area (Å²) in [5.41, 5.74) is 3.47. The standard InChI is InChI=1S/C22H28N6O/c1-3-26(4-2)14-17-12-24-21-19(13-25-28(21)15-17)22(29)27-11-10-23-20(16-27)18-8-6-5-7-9-18/h5-9,12-13,15,20,23H,3-4,10-11,14,16H2,1-2H3/t20-/m0/s1. The van der Waals surface area contributed by atoms with Gasteiger partial charge in [-0.1, -0.05) is 44.2 Å². The summed E-state index contributed by atoms with van der Waals surface area (Å²) in [7, 11) is 0. The fourth-order valence-corrected chi connectivity index (χ4v) is 3.86. The summed E-state index contributed by atoms with van der Waals surface area (Å²) in [5, 5.41) is 7.91. The van der Waals surface area contributed by atoms with E-state index in [1.54, 1.807) is 10.7 Å². The molecule has 1 fully saturated rings. The van der Waals surface area contributed by atoms with Crippen molar-refractivity contribution in [2.45, 2.75) is 26.4 Å². The molecule has 0 aliphatic carbocycles. The van der Waals surface area contributed by atoms with Crippen LogP contribution in [0.1, 0.15) is 41.4 Å². The highest BCUT2D eigenvalue weighted by atomic mass is 16.2. The molecule has 29 heavy (non-hydrogen) atoms. The van der Waals surface area contributed by atoms with E-state index in [0.717, 1.165) is 31.7 Å². The number of hydrogen-bond donors (Lipinski definition) is 1. The van der Waals surface area contributed by atoms with E-state index in [-0.39, 0.29) is 11.9 Å². The topological polar surface area (TPSA) is 65.8 Å². The molecule has 3 aromatic rings. The van der Waals surface area contributed by atoms with E-state index in [0.29, 0.717) is 24.3 Å². The SMILES string of the molecule is CCN(CC)Cc1cnc2c(C(=O)N3CCN[C@H](c4ccccc4)C3)cnn2c1. The summed E-state index contributed by atoms with van der Waals surface area (Å²) in [6.07, 6.45) is 5.48. The van der Waals surface area contributed by atoms with Crippen molar-refractivity contribution >= 4 is 11.6 Å². The Bertz CT molecular complexity index is 966. The van der Waals surface area contributed by atoms with Gasteiger partial charge in [0.2, 0.25) is 0 Å². The number of nitrogens with one attached hydrogen (secondary N) is 1. The van der Waals surface area contributed by atoms with Crippen LogP contribution in [0.3, 0.4) is 0 Å². The van der Waals surface area contributed by atoms with Crippen LogP contribution in [-0.2, 0) is 6.54 Å². The second-order valence-corrected chi connectivity index (χ2v) is 7.42. The number of hydrogen-bond acceptors (Lipinski definition) is 5. The van der Waals surface area contributed by atoms with Gasteiger partial charge in [0, 0.05) is 50.2 Å². The number of nitrogens with zero attached hydrogens (tertiary/aromatic N) is 5. The van der Waals surface area contributed by atoms with Crippen molar-refractivity contribution < 1.29 is 4.79 Å². The fraction of sp³-hybridized carbons (Fsp3) is 0.409. The van der Waals surface area contributed by atoms with Crippen molar-refractivity contribution in [2.75, 3.05) is 32.7 Å². The highest BCUT2D eigenvalue weighted by molar-refractivity contribution is 5.99. The molecule has 0 saturated carbocycles. The van der Waals surface area contributed by atoms with Gasteiger partial charge in [0.15, 0.2) is 5.65 Å². The largest absolute Gasteiger partial charge is 0.335 e. The molecule has 0 bridgehead atoms. The zero-order chi connectivity index (χ0) is 20.2. The van der Waals surface area contributed by atoms with Gasteiger partial charge in [-0.3, -0.25) is 9.69 Å². The van der Waals surface area contributed by atoms with Crippen LogP contribution in [-0.4, -0.2) is 63.0 Å². The molecule has 0 radical (unpaired) electrons. The Morgan fingerprint density at radius 3 is 2.76 bits per heavy atom. The molecule has 1 atom stereocenters. The zero-order valence-corrected chi connectivity index (χ0v) is 17.1. The minimum Gasteiger partial charge on any atom is -0.335 e. The van der Waals surface area contributed by atoms with Crippen LogP contribution in [0.15, 0.2) is 48.9 Å². The molecule has 0 unspecified atom stereocenters. The van der Waals surface area contributed by atoms with Crippen molar-refractivity contribution in [3.05, 3.63) is 65.6 Å². The van der Waals surface area contributed by atoms with Gasteiger partial charge >= 0.3 is 0 Å². The second kappa shape index (κ2) is 8.71. The highest BCUT2D eigenvalue weighted by Gasteiger charge is 2.27. The second-order valence-electron chi connectivity index (χ2n) is 7.42. The van der Waals surface area contributed by atoms with Crippen molar-refractivity contribution in [1.29, 1.82) is 0 Å². The summed E-state index contributed by atoms with van der Waals surface area (Å²) < 4.78 is 1.73. The molecule has 3 heterocycles. The number of carbonyl (C=O) groups is 1. The average Bonchev–Trinajstić information content (AvgIpc) is 3.21. The first-order valence-corrected chi connectivity index (χ1v) is 10.3. The smallest absolute Gasteiger partial charge is 0.259 e. The van der Waals surface area contributed by atoms with Gasteiger partial charge in [-0.2, -0.15) is 5.10 Å². The lowest BCUT2D eigenvalue weighted by Gasteiger charge is -2.33. The number of piperazine rings is 1. The minimum absolute atomic E-state index is 0.00794. The van der Waals surface area contributed by atoms with Crippen molar-refractivity contribution in [3.63, 3.8) is 0 Å². The number of aromatic nitrogens is 3. The number of amides is 1. The number of benzene rings is 1. The van der Waals surface area contributed by atoms with E-state index in [1.165, 1.54) is 5.56 Å². The predicted molar refractivity (Wildman–Crippen MR) is 113 cm³/mol. The van der Waals surface area contributed by atoms with Crippen LogP contribution >= 0.6 is 0 Å². The van der Waals surface area contributed by atoms with Crippen LogP contribution in [0, 0.1) is 0 Å². The lowest BCUT2D eigenvalue weighted by atomic mass is 10.0. The van der Waals surface area contributed by atoms with E-state index in [4.69, 9.17) is 0 Å². The molecule has 1 saturated heterocycles. The van der Waals surface area contributed by atoms with Crippen LogP contribution in [0.25, 0.3) is 5.65 Å². The molecule has 1 amide bonds. The monoisotopic (exact) mass is 392 g/mol. The van der Waals surface area contributed by atoms with Gasteiger partial charge in [-0.05, 0) is 18.7 Å². The van der Waals surface area contributed by atoms with E-state index in [1.807, 2.05) is 35.5 Å². The molecular weight excluding hydrogens is 364 g/mol. The quantitative estimate of drug-likeness (QED) is 0.698. The van der Waals surface area contributed by atoms with Gasteiger partial charge in [-0.25, -0.2) is 9.50 Å². The number of carbonyl (C=O) groups excluding carboxylic acids is 1. The molecule has 7 nitrogen and oxygen atoms in total. The fourth-order valence-electron chi connectivity index (χ4n) is 3.86. The maximum absolute atomic E-state index is 13.2. The first-order chi connectivity index (χ1) is 14.2. The molecule has 152 valence electrons. The number of fused-ring (bicyclic) bond motifs is 1. The van der Waals surface area contributed by atoms with Crippen LogP contribution in [0.4, 0.5) is 0 Å². The first kappa shape index (κ1) is 19.5. The zero-order valence-electron chi connectivity index (χ0n) is 17.1. The van der Waals surface area contributed by atoms with Gasteiger partial charge in [-0.15, -0.1) is 0 Å². The number of rotatable bonds is 6. The molecule has 0 spiro atoms. The maximum Gasteiger partial charge on any atom is 0.259 e. The van der Waals surface area contributed by atoms with Crippen LogP contribution in [0.2, 0.25) is 0 Å². The predicted octanol–water partition coefficient (Wildman–Crippen LogP) is 2.36. The molecule has 7 heteroatoms. The van der Waals surface area contributed by atoms with E-state index < -0.39 is 0 Å². The van der Waals surface area contributed by atoms with E-state index >= 15 is 0 Å². The molecule has 2 aromatic heterocycles. The average molecular weight is 393 g/mol. The Kier molecular flexibility index (Phi) is 5.87. The molecule has 4 rings (SSSR count). The third kappa shape index (κ3) is 4.16. The lowest BCUT2D eigenvalue weighted by molar-refractivity contribution is 0.0704. The van der Waals surface area contributed by atoms with Crippen LogP contribution in [0.5, 0.6) is 0 Å². The molecule has 1 aromatic carbocycles. The summed E-state index contributed by atoms with van der Waals surface area (Å²) >= 11 is 0.